The van der Waals surface area contributed by atoms with Crippen molar-refractivity contribution in [1.82, 2.24) is 0 Å². The molecule has 1 rings (SSSR count). The fourth-order valence-electron chi connectivity index (χ4n) is 1.95. The molecule has 1 aromatic rings. The molecule has 100 valence electrons. The molecule has 3 nitrogen and oxygen atoms in total. The third-order valence-electron chi connectivity index (χ3n) is 2.99. The summed E-state index contributed by atoms with van der Waals surface area (Å²) in [5.41, 5.74) is 0.291. The summed E-state index contributed by atoms with van der Waals surface area (Å²) in [6.45, 7) is 5.17. The maximum absolute atomic E-state index is 10.7. The number of ether oxygens (including phenoxy) is 1. The van der Waals surface area contributed by atoms with Crippen molar-refractivity contribution in [3.05, 3.63) is 29.8 Å². The summed E-state index contributed by atoms with van der Waals surface area (Å²) >= 11 is 0. The van der Waals surface area contributed by atoms with Crippen molar-refractivity contribution < 1.29 is 14.6 Å². The molecule has 0 aliphatic rings. The zero-order chi connectivity index (χ0) is 13.4. The van der Waals surface area contributed by atoms with Crippen LogP contribution in [0.4, 0.5) is 0 Å². The number of carbonyl (C=O) groups is 1. The third kappa shape index (κ3) is 5.21. The standard InChI is InChI=1S/C15H22O3/c1-3-5-12(2)6-4-11-18-14-9-7-13(8-10-14)15(16)17/h7-10,12H,3-6,11H2,1-2H3,(H,16,17)/t12-/m0/s1. The summed E-state index contributed by atoms with van der Waals surface area (Å²) < 4.78 is 5.58. The maximum Gasteiger partial charge on any atom is 0.335 e. The highest BCUT2D eigenvalue weighted by molar-refractivity contribution is 5.87. The molecule has 0 aliphatic heterocycles. The molecule has 0 amide bonds. The number of hydrogen-bond donors (Lipinski definition) is 1. The van der Waals surface area contributed by atoms with E-state index in [0.29, 0.717) is 12.2 Å². The van der Waals surface area contributed by atoms with E-state index in [-0.39, 0.29) is 0 Å². The van der Waals surface area contributed by atoms with Gasteiger partial charge in [-0.05, 0) is 43.0 Å². The monoisotopic (exact) mass is 250 g/mol. The van der Waals surface area contributed by atoms with Gasteiger partial charge in [-0.25, -0.2) is 4.79 Å². The van der Waals surface area contributed by atoms with E-state index in [4.69, 9.17) is 9.84 Å². The molecular formula is C15H22O3. The van der Waals surface area contributed by atoms with Crippen molar-refractivity contribution in [2.75, 3.05) is 6.61 Å². The molecule has 0 heterocycles. The van der Waals surface area contributed by atoms with Gasteiger partial charge in [0.2, 0.25) is 0 Å². The number of rotatable bonds is 8. The van der Waals surface area contributed by atoms with Crippen LogP contribution in [0, 0.1) is 5.92 Å². The topological polar surface area (TPSA) is 46.5 Å². The highest BCUT2D eigenvalue weighted by atomic mass is 16.5. The molecule has 0 aliphatic carbocycles. The van der Waals surface area contributed by atoms with Gasteiger partial charge in [-0.2, -0.15) is 0 Å². The number of benzene rings is 1. The van der Waals surface area contributed by atoms with Crippen molar-refractivity contribution >= 4 is 5.97 Å². The molecule has 1 aromatic carbocycles. The van der Waals surface area contributed by atoms with E-state index in [0.717, 1.165) is 18.1 Å². The van der Waals surface area contributed by atoms with Crippen LogP contribution < -0.4 is 4.74 Å². The fourth-order valence-corrected chi connectivity index (χ4v) is 1.95. The van der Waals surface area contributed by atoms with Crippen molar-refractivity contribution in [2.24, 2.45) is 5.92 Å². The summed E-state index contributed by atoms with van der Waals surface area (Å²) in [6, 6.07) is 6.55. The lowest BCUT2D eigenvalue weighted by molar-refractivity contribution is 0.0697. The Kier molecular flexibility index (Phi) is 6.26. The van der Waals surface area contributed by atoms with Crippen LogP contribution in [0.1, 0.15) is 49.9 Å². The zero-order valence-corrected chi connectivity index (χ0v) is 11.2. The van der Waals surface area contributed by atoms with Gasteiger partial charge in [-0.15, -0.1) is 0 Å². The summed E-state index contributed by atoms with van der Waals surface area (Å²) in [7, 11) is 0. The van der Waals surface area contributed by atoms with Crippen LogP contribution in [-0.4, -0.2) is 17.7 Å². The lowest BCUT2D eigenvalue weighted by Crippen LogP contribution is -2.02. The van der Waals surface area contributed by atoms with Crippen LogP contribution in [0.25, 0.3) is 0 Å². The van der Waals surface area contributed by atoms with Gasteiger partial charge in [0.15, 0.2) is 0 Å². The summed E-state index contributed by atoms with van der Waals surface area (Å²) in [4.78, 5) is 10.7. The summed E-state index contributed by atoms with van der Waals surface area (Å²) in [5.74, 6) is 0.589. The number of hydrogen-bond acceptors (Lipinski definition) is 2. The minimum absolute atomic E-state index is 0.291. The van der Waals surface area contributed by atoms with E-state index < -0.39 is 5.97 Å². The number of aromatic carboxylic acids is 1. The Hall–Kier alpha value is -1.51. The first-order chi connectivity index (χ1) is 8.63. The number of carboxylic acids is 1. The van der Waals surface area contributed by atoms with Crippen molar-refractivity contribution in [2.45, 2.75) is 39.5 Å². The van der Waals surface area contributed by atoms with Crippen molar-refractivity contribution in [3.8, 4) is 5.75 Å². The van der Waals surface area contributed by atoms with Gasteiger partial charge in [-0.1, -0.05) is 26.7 Å². The molecule has 0 unspecified atom stereocenters. The Labute approximate surface area is 109 Å². The molecule has 1 N–H and O–H groups in total. The maximum atomic E-state index is 10.7. The second-order valence-electron chi connectivity index (χ2n) is 4.71. The summed E-state index contributed by atoms with van der Waals surface area (Å²) in [5, 5.41) is 8.76. The van der Waals surface area contributed by atoms with E-state index in [1.54, 1.807) is 24.3 Å². The molecule has 0 spiro atoms. The Morgan fingerprint density at radius 3 is 2.50 bits per heavy atom. The first-order valence-corrected chi connectivity index (χ1v) is 6.59. The molecule has 0 fully saturated rings. The van der Waals surface area contributed by atoms with Gasteiger partial charge in [0.1, 0.15) is 5.75 Å². The van der Waals surface area contributed by atoms with Crippen LogP contribution in [0.3, 0.4) is 0 Å². The lowest BCUT2D eigenvalue weighted by Gasteiger charge is -2.10. The molecule has 0 aromatic heterocycles. The minimum atomic E-state index is -0.907. The van der Waals surface area contributed by atoms with Gasteiger partial charge in [-0.3, -0.25) is 0 Å². The lowest BCUT2D eigenvalue weighted by atomic mass is 10.0. The highest BCUT2D eigenvalue weighted by Gasteiger charge is 2.03. The Bertz CT molecular complexity index is 357. The Balaban J connectivity index is 2.25. The summed E-state index contributed by atoms with van der Waals surface area (Å²) in [6.07, 6.45) is 4.73. The van der Waals surface area contributed by atoms with E-state index in [9.17, 15) is 4.79 Å². The zero-order valence-electron chi connectivity index (χ0n) is 11.2. The Morgan fingerprint density at radius 2 is 1.94 bits per heavy atom. The van der Waals surface area contributed by atoms with E-state index >= 15 is 0 Å². The average molecular weight is 250 g/mol. The molecule has 3 heteroatoms. The predicted octanol–water partition coefficient (Wildman–Crippen LogP) is 3.98. The molecule has 0 saturated heterocycles. The van der Waals surface area contributed by atoms with Crippen LogP contribution in [-0.2, 0) is 0 Å². The fraction of sp³-hybridized carbons (Fsp3) is 0.533. The highest BCUT2D eigenvalue weighted by Crippen LogP contribution is 2.15. The van der Waals surface area contributed by atoms with E-state index in [2.05, 4.69) is 13.8 Å². The van der Waals surface area contributed by atoms with Crippen molar-refractivity contribution in [3.63, 3.8) is 0 Å². The third-order valence-corrected chi connectivity index (χ3v) is 2.99. The van der Waals surface area contributed by atoms with Gasteiger partial charge < -0.3 is 9.84 Å². The van der Waals surface area contributed by atoms with E-state index in [1.165, 1.54) is 19.3 Å². The molecular weight excluding hydrogens is 228 g/mol. The van der Waals surface area contributed by atoms with E-state index in [1.807, 2.05) is 0 Å². The first kappa shape index (κ1) is 14.6. The SMILES string of the molecule is CCC[C@H](C)CCCOc1ccc(C(=O)O)cc1. The van der Waals surface area contributed by atoms with Gasteiger partial charge in [0.05, 0.1) is 12.2 Å². The normalized spacial score (nSPS) is 12.1. The Morgan fingerprint density at radius 1 is 1.28 bits per heavy atom. The van der Waals surface area contributed by atoms with Crippen LogP contribution in [0.15, 0.2) is 24.3 Å². The minimum Gasteiger partial charge on any atom is -0.494 e. The molecule has 0 saturated carbocycles. The smallest absolute Gasteiger partial charge is 0.335 e. The van der Waals surface area contributed by atoms with Crippen LogP contribution >= 0.6 is 0 Å². The van der Waals surface area contributed by atoms with Gasteiger partial charge in [0.25, 0.3) is 0 Å². The van der Waals surface area contributed by atoms with Crippen LogP contribution in [0.5, 0.6) is 5.75 Å². The average Bonchev–Trinajstić information content (AvgIpc) is 2.35. The second kappa shape index (κ2) is 7.75. The molecule has 0 bridgehead atoms. The van der Waals surface area contributed by atoms with Gasteiger partial charge >= 0.3 is 5.97 Å². The first-order valence-electron chi connectivity index (χ1n) is 6.59. The van der Waals surface area contributed by atoms with Gasteiger partial charge in [0, 0.05) is 0 Å². The van der Waals surface area contributed by atoms with Crippen LogP contribution in [0.2, 0.25) is 0 Å². The second-order valence-corrected chi connectivity index (χ2v) is 4.71. The largest absolute Gasteiger partial charge is 0.494 e. The van der Waals surface area contributed by atoms with Crippen molar-refractivity contribution in [1.29, 1.82) is 0 Å². The quantitative estimate of drug-likeness (QED) is 0.710. The molecule has 0 radical (unpaired) electrons. The molecule has 1 atom stereocenters. The predicted molar refractivity (Wildman–Crippen MR) is 72.2 cm³/mol. The molecule has 18 heavy (non-hydrogen) atoms. The number of carboxylic acid groups (broad SMARTS) is 1.